The molecule has 1 aromatic heterocycles. The predicted molar refractivity (Wildman–Crippen MR) is 70.4 cm³/mol. The Labute approximate surface area is 107 Å². The summed E-state index contributed by atoms with van der Waals surface area (Å²) in [5, 5.41) is 0.708. The van der Waals surface area contributed by atoms with E-state index < -0.39 is 0 Å². The molecule has 4 heteroatoms. The first-order valence-electron chi connectivity index (χ1n) is 4.64. The van der Waals surface area contributed by atoms with E-state index in [1.54, 1.807) is 0 Å². The normalized spacial score (nSPS) is 12.3. The molecular formula is C11H11ClINO. The fourth-order valence-electron chi connectivity index (χ4n) is 1.26. The van der Waals surface area contributed by atoms with Crippen molar-refractivity contribution >= 4 is 45.3 Å². The van der Waals surface area contributed by atoms with Gasteiger partial charge < -0.3 is 4.42 Å². The molecule has 0 amide bonds. The lowest BCUT2D eigenvalue weighted by molar-refractivity contribution is 0.410. The number of hydrogen-bond acceptors (Lipinski definition) is 2. The second kappa shape index (κ2) is 3.63. The second-order valence-corrected chi connectivity index (χ2v) is 5.96. The van der Waals surface area contributed by atoms with Crippen LogP contribution in [0.3, 0.4) is 0 Å². The third kappa shape index (κ3) is 1.99. The van der Waals surface area contributed by atoms with E-state index in [2.05, 4.69) is 48.3 Å². The van der Waals surface area contributed by atoms with Crippen molar-refractivity contribution in [2.45, 2.75) is 26.2 Å². The van der Waals surface area contributed by atoms with Gasteiger partial charge in [0, 0.05) is 5.41 Å². The highest BCUT2D eigenvalue weighted by Crippen LogP contribution is 2.31. The van der Waals surface area contributed by atoms with E-state index in [-0.39, 0.29) is 5.41 Å². The summed E-state index contributed by atoms with van der Waals surface area (Å²) < 4.78 is 6.67. The van der Waals surface area contributed by atoms with E-state index in [1.165, 1.54) is 0 Å². The number of aromatic nitrogens is 1. The number of rotatable bonds is 0. The van der Waals surface area contributed by atoms with E-state index in [0.29, 0.717) is 5.02 Å². The highest BCUT2D eigenvalue weighted by Gasteiger charge is 2.22. The molecule has 0 aliphatic carbocycles. The van der Waals surface area contributed by atoms with Crippen LogP contribution in [0, 0.1) is 3.57 Å². The molecule has 0 spiro atoms. The van der Waals surface area contributed by atoms with Crippen molar-refractivity contribution in [1.29, 1.82) is 0 Å². The van der Waals surface area contributed by atoms with Crippen LogP contribution in [0.5, 0.6) is 0 Å². The fraction of sp³-hybridized carbons (Fsp3) is 0.364. The molecular weight excluding hydrogens is 324 g/mol. The van der Waals surface area contributed by atoms with Gasteiger partial charge in [0.1, 0.15) is 5.52 Å². The van der Waals surface area contributed by atoms with Gasteiger partial charge in [-0.3, -0.25) is 0 Å². The van der Waals surface area contributed by atoms with Crippen LogP contribution in [-0.4, -0.2) is 4.98 Å². The molecule has 15 heavy (non-hydrogen) atoms. The highest BCUT2D eigenvalue weighted by atomic mass is 127. The maximum Gasteiger partial charge on any atom is 0.200 e. The summed E-state index contributed by atoms with van der Waals surface area (Å²) in [6, 6.07) is 3.74. The summed E-state index contributed by atoms with van der Waals surface area (Å²) >= 11 is 8.19. The average molecular weight is 336 g/mol. The first-order chi connectivity index (χ1) is 6.89. The van der Waals surface area contributed by atoms with Crippen LogP contribution in [0.4, 0.5) is 0 Å². The third-order valence-corrected chi connectivity index (χ3v) is 3.80. The van der Waals surface area contributed by atoms with Gasteiger partial charge in [0.2, 0.25) is 5.89 Å². The molecule has 0 bridgehead atoms. The van der Waals surface area contributed by atoms with E-state index in [0.717, 1.165) is 20.6 Å². The standard InChI is InChI=1S/C11H11ClINO/c1-11(2,3)10-14-7-5-4-6(12)8(13)9(7)15-10/h4-5H,1-3H3. The van der Waals surface area contributed by atoms with Crippen molar-refractivity contribution in [3.63, 3.8) is 0 Å². The topological polar surface area (TPSA) is 26.0 Å². The maximum absolute atomic E-state index is 6.02. The Balaban J connectivity index is 2.72. The monoisotopic (exact) mass is 335 g/mol. The van der Waals surface area contributed by atoms with Crippen LogP contribution >= 0.6 is 34.2 Å². The zero-order chi connectivity index (χ0) is 11.2. The van der Waals surface area contributed by atoms with Crippen LogP contribution in [0.25, 0.3) is 11.1 Å². The Bertz CT molecular complexity index is 513. The van der Waals surface area contributed by atoms with Gasteiger partial charge in [0.05, 0.1) is 8.59 Å². The van der Waals surface area contributed by atoms with Crippen molar-refractivity contribution in [2.24, 2.45) is 0 Å². The molecule has 0 aliphatic heterocycles. The van der Waals surface area contributed by atoms with Gasteiger partial charge in [-0.1, -0.05) is 32.4 Å². The Morgan fingerprint density at radius 3 is 2.60 bits per heavy atom. The van der Waals surface area contributed by atoms with Crippen molar-refractivity contribution in [3.05, 3.63) is 26.6 Å². The van der Waals surface area contributed by atoms with Crippen molar-refractivity contribution in [1.82, 2.24) is 4.98 Å². The predicted octanol–water partition coefficient (Wildman–Crippen LogP) is 4.38. The van der Waals surface area contributed by atoms with E-state index in [1.807, 2.05) is 12.1 Å². The molecule has 0 fully saturated rings. The van der Waals surface area contributed by atoms with Gasteiger partial charge in [0.15, 0.2) is 5.58 Å². The molecule has 1 heterocycles. The summed E-state index contributed by atoms with van der Waals surface area (Å²) in [7, 11) is 0. The minimum atomic E-state index is -0.0748. The fourth-order valence-corrected chi connectivity index (χ4v) is 1.97. The van der Waals surface area contributed by atoms with Crippen molar-refractivity contribution in [2.75, 3.05) is 0 Å². The molecule has 0 saturated carbocycles. The lowest BCUT2D eigenvalue weighted by Gasteiger charge is -2.11. The Morgan fingerprint density at radius 2 is 2.00 bits per heavy atom. The number of oxazole rings is 1. The first kappa shape index (κ1) is 11.2. The molecule has 0 unspecified atom stereocenters. The van der Waals surface area contributed by atoms with Crippen LogP contribution < -0.4 is 0 Å². The number of halogens is 2. The van der Waals surface area contributed by atoms with Gasteiger partial charge in [-0.2, -0.15) is 0 Å². The van der Waals surface area contributed by atoms with E-state index in [9.17, 15) is 0 Å². The summed E-state index contributed by atoms with van der Waals surface area (Å²) in [4.78, 5) is 4.46. The van der Waals surface area contributed by atoms with Crippen LogP contribution in [0.15, 0.2) is 16.5 Å². The molecule has 0 aliphatic rings. The third-order valence-electron chi connectivity index (χ3n) is 2.09. The van der Waals surface area contributed by atoms with Gasteiger partial charge in [-0.25, -0.2) is 4.98 Å². The number of fused-ring (bicyclic) bond motifs is 1. The minimum absolute atomic E-state index is 0.0748. The first-order valence-corrected chi connectivity index (χ1v) is 6.10. The Morgan fingerprint density at radius 1 is 1.33 bits per heavy atom. The summed E-state index contributed by atoms with van der Waals surface area (Å²) in [5.41, 5.74) is 1.58. The number of benzene rings is 1. The Kier molecular flexibility index (Phi) is 2.71. The zero-order valence-electron chi connectivity index (χ0n) is 8.77. The number of hydrogen-bond donors (Lipinski definition) is 0. The van der Waals surface area contributed by atoms with E-state index in [4.69, 9.17) is 16.0 Å². The highest BCUT2D eigenvalue weighted by molar-refractivity contribution is 14.1. The molecule has 0 saturated heterocycles. The minimum Gasteiger partial charge on any atom is -0.439 e. The van der Waals surface area contributed by atoms with Crippen LogP contribution in [0.1, 0.15) is 26.7 Å². The van der Waals surface area contributed by atoms with Crippen molar-refractivity contribution < 1.29 is 4.42 Å². The Hall–Kier alpha value is -0.290. The molecule has 0 atom stereocenters. The van der Waals surface area contributed by atoms with Crippen LogP contribution in [0.2, 0.25) is 5.02 Å². The molecule has 2 nitrogen and oxygen atoms in total. The van der Waals surface area contributed by atoms with Crippen LogP contribution in [-0.2, 0) is 5.41 Å². The van der Waals surface area contributed by atoms with Gasteiger partial charge in [-0.15, -0.1) is 0 Å². The quantitative estimate of drug-likeness (QED) is 0.668. The smallest absolute Gasteiger partial charge is 0.200 e. The summed E-state index contributed by atoms with van der Waals surface area (Å²) in [6.45, 7) is 6.23. The zero-order valence-corrected chi connectivity index (χ0v) is 11.7. The van der Waals surface area contributed by atoms with Crippen molar-refractivity contribution in [3.8, 4) is 0 Å². The van der Waals surface area contributed by atoms with E-state index >= 15 is 0 Å². The number of nitrogens with zero attached hydrogens (tertiary/aromatic N) is 1. The SMILES string of the molecule is CC(C)(C)c1nc2ccc(Cl)c(I)c2o1. The summed E-state index contributed by atoms with van der Waals surface area (Å²) in [5.74, 6) is 0.748. The lowest BCUT2D eigenvalue weighted by atomic mass is 9.97. The summed E-state index contributed by atoms with van der Waals surface area (Å²) in [6.07, 6.45) is 0. The van der Waals surface area contributed by atoms with Gasteiger partial charge >= 0.3 is 0 Å². The molecule has 80 valence electrons. The lowest BCUT2D eigenvalue weighted by Crippen LogP contribution is -2.10. The van der Waals surface area contributed by atoms with Gasteiger partial charge in [0.25, 0.3) is 0 Å². The maximum atomic E-state index is 6.02. The molecule has 0 N–H and O–H groups in total. The largest absolute Gasteiger partial charge is 0.439 e. The van der Waals surface area contributed by atoms with Gasteiger partial charge in [-0.05, 0) is 34.7 Å². The molecule has 0 radical (unpaired) electrons. The molecule has 2 rings (SSSR count). The molecule has 2 aromatic rings. The molecule has 1 aromatic carbocycles. The average Bonchev–Trinajstić information content (AvgIpc) is 2.55. The second-order valence-electron chi connectivity index (χ2n) is 4.48.